The Morgan fingerprint density at radius 1 is 1.44 bits per heavy atom. The van der Waals surface area contributed by atoms with Gasteiger partial charge in [0.05, 0.1) is 31.9 Å². The predicted octanol–water partition coefficient (Wildman–Crippen LogP) is 0.613. The molecule has 0 aromatic rings. The highest BCUT2D eigenvalue weighted by molar-refractivity contribution is 5.69. The zero-order valence-corrected chi connectivity index (χ0v) is 9.97. The van der Waals surface area contributed by atoms with Gasteiger partial charge < -0.3 is 14.6 Å². The largest absolute Gasteiger partial charge is 0.444 e. The topological polar surface area (TPSA) is 59.0 Å². The fraction of sp³-hybridized carbons (Fsp3) is 0.909. The predicted molar refractivity (Wildman–Crippen MR) is 57.0 cm³/mol. The number of carbonyl (C=O) groups is 1. The van der Waals surface area contributed by atoms with Gasteiger partial charge in [-0.3, -0.25) is 4.90 Å². The third kappa shape index (κ3) is 2.15. The molecule has 5 nitrogen and oxygen atoms in total. The lowest BCUT2D eigenvalue weighted by Gasteiger charge is -2.27. The average molecular weight is 229 g/mol. The highest BCUT2D eigenvalue weighted by atomic mass is 16.6. The molecule has 0 aromatic carbocycles. The van der Waals surface area contributed by atoms with Crippen molar-refractivity contribution < 1.29 is 19.4 Å². The van der Waals surface area contributed by atoms with Crippen LogP contribution in [0.4, 0.5) is 4.79 Å². The second-order valence-electron chi connectivity index (χ2n) is 5.47. The van der Waals surface area contributed by atoms with Gasteiger partial charge in [0.15, 0.2) is 0 Å². The summed E-state index contributed by atoms with van der Waals surface area (Å²) in [4.78, 5) is 13.5. The van der Waals surface area contributed by atoms with Gasteiger partial charge in [0.2, 0.25) is 0 Å². The number of nitrogens with zero attached hydrogens (tertiary/aromatic N) is 1. The monoisotopic (exact) mass is 229 g/mol. The first-order valence-electron chi connectivity index (χ1n) is 5.64. The quantitative estimate of drug-likeness (QED) is 0.661. The van der Waals surface area contributed by atoms with Crippen LogP contribution in [0.3, 0.4) is 0 Å². The van der Waals surface area contributed by atoms with Gasteiger partial charge in [-0.25, -0.2) is 4.79 Å². The average Bonchev–Trinajstić information content (AvgIpc) is 2.66. The van der Waals surface area contributed by atoms with Crippen LogP contribution in [0.15, 0.2) is 0 Å². The van der Waals surface area contributed by atoms with E-state index in [-0.39, 0.29) is 18.1 Å². The van der Waals surface area contributed by atoms with Crippen LogP contribution in [0.1, 0.15) is 20.8 Å². The number of hydrogen-bond donors (Lipinski definition) is 1. The highest BCUT2D eigenvalue weighted by Crippen LogP contribution is 2.31. The summed E-state index contributed by atoms with van der Waals surface area (Å²) in [6, 6.07) is -0.0233. The maximum Gasteiger partial charge on any atom is 0.410 e. The highest BCUT2D eigenvalue weighted by Gasteiger charge is 2.47. The molecule has 0 aliphatic carbocycles. The van der Waals surface area contributed by atoms with Crippen LogP contribution < -0.4 is 0 Å². The van der Waals surface area contributed by atoms with Crippen LogP contribution in [0, 0.1) is 5.92 Å². The van der Waals surface area contributed by atoms with Gasteiger partial charge in [-0.05, 0) is 20.8 Å². The molecule has 1 N–H and O–H groups in total. The minimum absolute atomic E-state index is 0.0233. The summed E-state index contributed by atoms with van der Waals surface area (Å²) in [6.45, 7) is 6.89. The molecule has 5 heteroatoms. The Labute approximate surface area is 95.3 Å². The minimum atomic E-state index is -0.500. The van der Waals surface area contributed by atoms with Crippen LogP contribution in [0.25, 0.3) is 0 Å². The van der Waals surface area contributed by atoms with Gasteiger partial charge in [0.1, 0.15) is 5.60 Å². The molecule has 2 aliphatic rings. The van der Waals surface area contributed by atoms with Crippen molar-refractivity contribution >= 4 is 6.09 Å². The Morgan fingerprint density at radius 3 is 2.75 bits per heavy atom. The van der Waals surface area contributed by atoms with Crippen molar-refractivity contribution in [3.05, 3.63) is 0 Å². The van der Waals surface area contributed by atoms with Gasteiger partial charge >= 0.3 is 6.09 Å². The molecule has 0 saturated carbocycles. The van der Waals surface area contributed by atoms with Crippen LogP contribution in [-0.4, -0.2) is 53.6 Å². The van der Waals surface area contributed by atoms with Crippen molar-refractivity contribution in [2.75, 3.05) is 19.8 Å². The zero-order chi connectivity index (χ0) is 11.9. The van der Waals surface area contributed by atoms with Gasteiger partial charge in [0.25, 0.3) is 0 Å². The first-order valence-corrected chi connectivity index (χ1v) is 5.64. The molecule has 0 bridgehead atoms. The fourth-order valence-corrected chi connectivity index (χ4v) is 2.25. The molecule has 92 valence electrons. The van der Waals surface area contributed by atoms with Gasteiger partial charge in [-0.15, -0.1) is 0 Å². The second-order valence-corrected chi connectivity index (χ2v) is 5.47. The molecule has 0 spiro atoms. The molecular weight excluding hydrogens is 210 g/mol. The lowest BCUT2D eigenvalue weighted by atomic mass is 10.0. The maximum absolute atomic E-state index is 11.9. The van der Waals surface area contributed by atoms with Crippen molar-refractivity contribution in [2.24, 2.45) is 5.92 Å². The Hall–Kier alpha value is -0.810. The number of carbonyl (C=O) groups excluding carboxylic acids is 1. The summed E-state index contributed by atoms with van der Waals surface area (Å²) in [6.07, 6.45) is -0.843. The van der Waals surface area contributed by atoms with E-state index >= 15 is 0 Å². The van der Waals surface area contributed by atoms with Crippen LogP contribution in [-0.2, 0) is 9.47 Å². The van der Waals surface area contributed by atoms with Gasteiger partial charge in [0, 0.05) is 5.92 Å². The summed E-state index contributed by atoms with van der Waals surface area (Å²) < 4.78 is 10.6. The molecule has 2 rings (SSSR count). The lowest BCUT2D eigenvalue weighted by Crippen LogP contribution is -2.41. The van der Waals surface area contributed by atoms with Crippen LogP contribution in [0.2, 0.25) is 0 Å². The number of fused-ring (bicyclic) bond motifs is 1. The van der Waals surface area contributed by atoms with Crippen LogP contribution >= 0.6 is 0 Å². The summed E-state index contributed by atoms with van der Waals surface area (Å²) in [5.41, 5.74) is -0.500. The molecule has 2 heterocycles. The van der Waals surface area contributed by atoms with Crippen molar-refractivity contribution in [1.82, 2.24) is 4.90 Å². The Balaban J connectivity index is 2.02. The third-order valence-electron chi connectivity index (χ3n) is 3.00. The number of rotatable bonds is 0. The number of aliphatic hydroxyl groups is 1. The summed E-state index contributed by atoms with van der Waals surface area (Å²) in [5, 5.41) is 9.79. The van der Waals surface area contributed by atoms with E-state index in [0.29, 0.717) is 19.8 Å². The number of aliphatic hydroxyl groups excluding tert-OH is 1. The second kappa shape index (κ2) is 3.89. The van der Waals surface area contributed by atoms with E-state index in [1.54, 1.807) is 4.90 Å². The first-order chi connectivity index (χ1) is 7.38. The number of likely N-dealkylation sites (tertiary alicyclic amines) is 1. The number of ether oxygens (including phenoxy) is 2. The Kier molecular flexibility index (Phi) is 2.84. The molecular formula is C11H19NO4. The maximum atomic E-state index is 11.9. The van der Waals surface area contributed by atoms with E-state index in [2.05, 4.69) is 0 Å². The standard InChI is InChI=1S/C11H19NO4/c1-11(2,3)16-10(14)12-4-9(13)7-5-15-6-8(7)12/h7-9,13H,4-6H2,1-3H3/t7-,8+,9+/m0/s1. The van der Waals surface area contributed by atoms with E-state index in [4.69, 9.17) is 9.47 Å². The third-order valence-corrected chi connectivity index (χ3v) is 3.00. The molecule has 3 atom stereocenters. The molecule has 0 unspecified atom stereocenters. The first kappa shape index (κ1) is 11.7. The Bertz CT molecular complexity index is 286. The molecule has 2 aliphatic heterocycles. The zero-order valence-electron chi connectivity index (χ0n) is 9.97. The van der Waals surface area contributed by atoms with Gasteiger partial charge in [-0.2, -0.15) is 0 Å². The Morgan fingerprint density at radius 2 is 2.12 bits per heavy atom. The SMILES string of the molecule is CC(C)(C)OC(=O)N1C[C@@H](O)[C@H]2COC[C@H]21. The van der Waals surface area contributed by atoms with E-state index < -0.39 is 11.7 Å². The van der Waals surface area contributed by atoms with E-state index in [0.717, 1.165) is 0 Å². The van der Waals surface area contributed by atoms with Gasteiger partial charge in [-0.1, -0.05) is 0 Å². The summed E-state index contributed by atoms with van der Waals surface area (Å²) in [7, 11) is 0. The fourth-order valence-electron chi connectivity index (χ4n) is 2.25. The molecule has 2 fully saturated rings. The minimum Gasteiger partial charge on any atom is -0.444 e. The number of β-amino-alcohol motifs (C(OH)–C–C–N with tert-alkyl or cyclic N) is 1. The smallest absolute Gasteiger partial charge is 0.410 e. The summed E-state index contributed by atoms with van der Waals surface area (Å²) >= 11 is 0. The molecule has 0 radical (unpaired) electrons. The van der Waals surface area contributed by atoms with Crippen molar-refractivity contribution in [3.63, 3.8) is 0 Å². The van der Waals surface area contributed by atoms with Crippen molar-refractivity contribution in [2.45, 2.75) is 38.5 Å². The molecule has 0 aromatic heterocycles. The molecule has 1 amide bonds. The number of amides is 1. The van der Waals surface area contributed by atoms with E-state index in [1.165, 1.54) is 0 Å². The number of hydrogen-bond acceptors (Lipinski definition) is 4. The lowest BCUT2D eigenvalue weighted by molar-refractivity contribution is 0.0162. The van der Waals surface area contributed by atoms with E-state index in [1.807, 2.05) is 20.8 Å². The van der Waals surface area contributed by atoms with E-state index in [9.17, 15) is 9.90 Å². The molecule has 16 heavy (non-hydrogen) atoms. The molecule has 2 saturated heterocycles. The van der Waals surface area contributed by atoms with Crippen molar-refractivity contribution in [3.8, 4) is 0 Å². The normalized spacial score (nSPS) is 34.0. The van der Waals surface area contributed by atoms with Crippen LogP contribution in [0.5, 0.6) is 0 Å². The summed E-state index contributed by atoms with van der Waals surface area (Å²) in [5.74, 6) is 0.0486. The van der Waals surface area contributed by atoms with Crippen molar-refractivity contribution in [1.29, 1.82) is 0 Å².